The van der Waals surface area contributed by atoms with E-state index in [-0.39, 0.29) is 11.1 Å². The lowest BCUT2D eigenvalue weighted by molar-refractivity contribution is 0.469. The number of fused-ring (bicyclic) bond motifs is 1. The SMILES string of the molecule is Oc1cc(F)c2c(F)c(F)ccc2c1. The van der Waals surface area contributed by atoms with Crippen molar-refractivity contribution in [2.45, 2.75) is 0 Å². The highest BCUT2D eigenvalue weighted by Gasteiger charge is 2.12. The Morgan fingerprint density at radius 1 is 0.929 bits per heavy atom. The third-order valence-corrected chi connectivity index (χ3v) is 1.94. The monoisotopic (exact) mass is 198 g/mol. The summed E-state index contributed by atoms with van der Waals surface area (Å²) in [6, 6.07) is 4.00. The van der Waals surface area contributed by atoms with Gasteiger partial charge in [-0.2, -0.15) is 0 Å². The summed E-state index contributed by atoms with van der Waals surface area (Å²) in [6.07, 6.45) is 0. The average molecular weight is 198 g/mol. The van der Waals surface area contributed by atoms with E-state index in [4.69, 9.17) is 5.11 Å². The molecule has 72 valence electrons. The highest BCUT2D eigenvalue weighted by atomic mass is 19.2. The number of halogens is 3. The van der Waals surface area contributed by atoms with E-state index >= 15 is 0 Å². The lowest BCUT2D eigenvalue weighted by Gasteiger charge is -2.02. The highest BCUT2D eigenvalue weighted by Crippen LogP contribution is 2.27. The Bertz CT molecular complexity index is 508. The fourth-order valence-corrected chi connectivity index (χ4v) is 1.33. The first kappa shape index (κ1) is 8.87. The van der Waals surface area contributed by atoms with E-state index in [0.29, 0.717) is 0 Å². The molecule has 0 aliphatic rings. The zero-order valence-electron chi connectivity index (χ0n) is 6.89. The first-order valence-corrected chi connectivity index (χ1v) is 3.86. The van der Waals surface area contributed by atoms with Crippen LogP contribution in [0.1, 0.15) is 0 Å². The molecular weight excluding hydrogens is 193 g/mol. The van der Waals surface area contributed by atoms with Gasteiger partial charge in [0.25, 0.3) is 0 Å². The summed E-state index contributed by atoms with van der Waals surface area (Å²) in [6.45, 7) is 0. The summed E-state index contributed by atoms with van der Waals surface area (Å²) in [4.78, 5) is 0. The molecule has 4 heteroatoms. The van der Waals surface area contributed by atoms with Gasteiger partial charge in [0.2, 0.25) is 0 Å². The van der Waals surface area contributed by atoms with Gasteiger partial charge < -0.3 is 5.11 Å². The molecule has 0 bridgehead atoms. The maximum absolute atomic E-state index is 13.1. The lowest BCUT2D eigenvalue weighted by Crippen LogP contribution is -1.89. The summed E-state index contributed by atoms with van der Waals surface area (Å²) >= 11 is 0. The minimum Gasteiger partial charge on any atom is -0.508 e. The van der Waals surface area contributed by atoms with Crippen LogP contribution >= 0.6 is 0 Å². The summed E-state index contributed by atoms with van der Waals surface area (Å²) in [5.74, 6) is -3.64. The number of phenols is 1. The predicted octanol–water partition coefficient (Wildman–Crippen LogP) is 2.96. The second-order valence-corrected chi connectivity index (χ2v) is 2.89. The largest absolute Gasteiger partial charge is 0.508 e. The van der Waals surface area contributed by atoms with Gasteiger partial charge in [-0.3, -0.25) is 0 Å². The molecule has 0 radical (unpaired) electrons. The minimum atomic E-state index is -1.24. The van der Waals surface area contributed by atoms with Crippen LogP contribution in [-0.2, 0) is 0 Å². The molecule has 2 aromatic rings. The Hall–Kier alpha value is -1.71. The van der Waals surface area contributed by atoms with E-state index in [1.54, 1.807) is 0 Å². The summed E-state index contributed by atoms with van der Waals surface area (Å²) in [5.41, 5.74) is 0. The first-order valence-electron chi connectivity index (χ1n) is 3.86. The summed E-state index contributed by atoms with van der Waals surface area (Å²) < 4.78 is 38.9. The maximum atomic E-state index is 13.1. The molecule has 0 saturated heterocycles. The number of phenolic OH excluding ortho intramolecular Hbond substituents is 1. The molecule has 14 heavy (non-hydrogen) atoms. The summed E-state index contributed by atoms with van der Waals surface area (Å²) in [7, 11) is 0. The Morgan fingerprint density at radius 2 is 1.64 bits per heavy atom. The third-order valence-electron chi connectivity index (χ3n) is 1.94. The Balaban J connectivity index is 2.95. The minimum absolute atomic E-state index is 0.126. The zero-order valence-corrected chi connectivity index (χ0v) is 6.89. The van der Waals surface area contributed by atoms with Crippen molar-refractivity contribution in [3.05, 3.63) is 41.7 Å². The summed E-state index contributed by atoms with van der Waals surface area (Å²) in [5, 5.41) is 8.70. The lowest BCUT2D eigenvalue weighted by atomic mass is 10.1. The van der Waals surface area contributed by atoms with Crippen LogP contribution in [-0.4, -0.2) is 5.11 Å². The standard InChI is InChI=1S/C10H5F3O/c11-7-2-1-5-3-6(14)4-8(12)9(5)10(7)13/h1-4,14H. The molecule has 2 aromatic carbocycles. The zero-order chi connectivity index (χ0) is 10.3. The van der Waals surface area contributed by atoms with E-state index in [9.17, 15) is 13.2 Å². The molecule has 0 aromatic heterocycles. The molecule has 1 nitrogen and oxygen atoms in total. The Morgan fingerprint density at radius 3 is 2.36 bits per heavy atom. The van der Waals surface area contributed by atoms with Gasteiger partial charge in [0, 0.05) is 6.07 Å². The van der Waals surface area contributed by atoms with Gasteiger partial charge in [-0.1, -0.05) is 6.07 Å². The van der Waals surface area contributed by atoms with E-state index in [1.807, 2.05) is 0 Å². The second kappa shape index (κ2) is 2.90. The number of aromatic hydroxyl groups is 1. The molecular formula is C10H5F3O. The van der Waals surface area contributed by atoms with Crippen molar-refractivity contribution in [1.82, 2.24) is 0 Å². The maximum Gasteiger partial charge on any atom is 0.169 e. The van der Waals surface area contributed by atoms with Crippen LogP contribution in [0, 0.1) is 17.5 Å². The van der Waals surface area contributed by atoms with E-state index < -0.39 is 22.8 Å². The van der Waals surface area contributed by atoms with Gasteiger partial charge in [-0.25, -0.2) is 13.2 Å². The van der Waals surface area contributed by atoms with Gasteiger partial charge in [0.05, 0.1) is 5.39 Å². The van der Waals surface area contributed by atoms with Crippen molar-refractivity contribution in [2.24, 2.45) is 0 Å². The van der Waals surface area contributed by atoms with Crippen LogP contribution in [0.25, 0.3) is 10.8 Å². The van der Waals surface area contributed by atoms with Crippen LogP contribution in [0.15, 0.2) is 24.3 Å². The molecule has 0 aliphatic heterocycles. The van der Waals surface area contributed by atoms with Crippen molar-refractivity contribution in [1.29, 1.82) is 0 Å². The highest BCUT2D eigenvalue weighted by molar-refractivity contribution is 5.85. The molecule has 0 heterocycles. The van der Waals surface area contributed by atoms with Gasteiger partial charge in [0.1, 0.15) is 11.6 Å². The van der Waals surface area contributed by atoms with Crippen molar-refractivity contribution >= 4 is 10.8 Å². The number of benzene rings is 2. The quantitative estimate of drug-likeness (QED) is 0.689. The first-order chi connectivity index (χ1) is 6.59. The van der Waals surface area contributed by atoms with E-state index in [0.717, 1.165) is 12.1 Å². The number of hydrogen-bond acceptors (Lipinski definition) is 1. The van der Waals surface area contributed by atoms with Crippen LogP contribution in [0.2, 0.25) is 0 Å². The van der Waals surface area contributed by atoms with Crippen molar-refractivity contribution < 1.29 is 18.3 Å². The van der Waals surface area contributed by atoms with Crippen molar-refractivity contribution in [3.63, 3.8) is 0 Å². The Labute approximate surface area is 77.4 Å². The van der Waals surface area contributed by atoms with Gasteiger partial charge >= 0.3 is 0 Å². The topological polar surface area (TPSA) is 20.2 Å². The van der Waals surface area contributed by atoms with Crippen LogP contribution < -0.4 is 0 Å². The molecule has 0 unspecified atom stereocenters. The number of rotatable bonds is 0. The third kappa shape index (κ3) is 1.19. The van der Waals surface area contributed by atoms with Gasteiger partial charge in [-0.05, 0) is 17.5 Å². The number of hydrogen-bond donors (Lipinski definition) is 1. The molecule has 0 atom stereocenters. The second-order valence-electron chi connectivity index (χ2n) is 2.89. The average Bonchev–Trinajstić information content (AvgIpc) is 2.10. The molecule has 0 amide bonds. The van der Waals surface area contributed by atoms with Crippen LogP contribution in [0.4, 0.5) is 13.2 Å². The fourth-order valence-electron chi connectivity index (χ4n) is 1.33. The Kier molecular flexibility index (Phi) is 1.84. The van der Waals surface area contributed by atoms with E-state index in [1.165, 1.54) is 12.1 Å². The van der Waals surface area contributed by atoms with Gasteiger partial charge in [0.15, 0.2) is 11.6 Å². The molecule has 0 spiro atoms. The fraction of sp³-hybridized carbons (Fsp3) is 0. The van der Waals surface area contributed by atoms with Crippen molar-refractivity contribution in [3.8, 4) is 5.75 Å². The molecule has 0 fully saturated rings. The molecule has 2 rings (SSSR count). The van der Waals surface area contributed by atoms with Gasteiger partial charge in [-0.15, -0.1) is 0 Å². The van der Waals surface area contributed by atoms with Crippen LogP contribution in [0.5, 0.6) is 5.75 Å². The predicted molar refractivity (Wildman–Crippen MR) is 45.5 cm³/mol. The van der Waals surface area contributed by atoms with E-state index in [2.05, 4.69) is 0 Å². The molecule has 0 saturated carbocycles. The van der Waals surface area contributed by atoms with Crippen LogP contribution in [0.3, 0.4) is 0 Å². The normalized spacial score (nSPS) is 10.8. The molecule has 0 aliphatic carbocycles. The molecule has 1 N–H and O–H groups in total. The smallest absolute Gasteiger partial charge is 0.169 e. The van der Waals surface area contributed by atoms with Crippen molar-refractivity contribution in [2.75, 3.05) is 0 Å².